The highest BCUT2D eigenvalue weighted by atomic mass is 16.5. The summed E-state index contributed by atoms with van der Waals surface area (Å²) in [5, 5.41) is 11.7. The number of anilines is 1. The summed E-state index contributed by atoms with van der Waals surface area (Å²) in [4.78, 5) is 23.4. The van der Waals surface area contributed by atoms with Crippen molar-refractivity contribution in [2.75, 3.05) is 19.5 Å². The van der Waals surface area contributed by atoms with E-state index in [-0.39, 0.29) is 11.3 Å². The minimum atomic E-state index is -1.13. The van der Waals surface area contributed by atoms with Gasteiger partial charge >= 0.3 is 5.97 Å². The molecule has 6 nitrogen and oxygen atoms in total. The smallest absolute Gasteiger partial charge is 0.337 e. The SMILES string of the molecule is CCC(C)(OC)C(=O)Nc1cc(OC)ccc1C(=O)O. The molecule has 0 saturated carbocycles. The van der Waals surface area contributed by atoms with Gasteiger partial charge in [0.25, 0.3) is 5.91 Å². The van der Waals surface area contributed by atoms with E-state index in [1.165, 1.54) is 32.4 Å². The Balaban J connectivity index is 3.12. The van der Waals surface area contributed by atoms with Crippen molar-refractivity contribution in [2.24, 2.45) is 0 Å². The van der Waals surface area contributed by atoms with E-state index in [1.807, 2.05) is 6.92 Å². The third-order valence-electron chi connectivity index (χ3n) is 3.31. The van der Waals surface area contributed by atoms with Crippen LogP contribution in [-0.2, 0) is 9.53 Å². The zero-order valence-corrected chi connectivity index (χ0v) is 12.0. The van der Waals surface area contributed by atoms with Crippen molar-refractivity contribution < 1.29 is 24.2 Å². The van der Waals surface area contributed by atoms with Crippen LogP contribution in [0.15, 0.2) is 18.2 Å². The summed E-state index contributed by atoms with van der Waals surface area (Å²) in [7, 11) is 2.90. The third-order valence-corrected chi connectivity index (χ3v) is 3.31. The van der Waals surface area contributed by atoms with Crippen molar-refractivity contribution in [3.05, 3.63) is 23.8 Å². The van der Waals surface area contributed by atoms with Crippen molar-refractivity contribution in [2.45, 2.75) is 25.9 Å². The van der Waals surface area contributed by atoms with Crippen molar-refractivity contribution in [1.29, 1.82) is 0 Å². The first-order chi connectivity index (χ1) is 9.37. The fourth-order valence-electron chi connectivity index (χ4n) is 1.59. The van der Waals surface area contributed by atoms with Gasteiger partial charge in [-0.05, 0) is 25.5 Å². The zero-order valence-electron chi connectivity index (χ0n) is 12.0. The Morgan fingerprint density at radius 1 is 1.35 bits per heavy atom. The number of carboxylic acid groups (broad SMARTS) is 1. The van der Waals surface area contributed by atoms with E-state index in [2.05, 4.69) is 5.32 Å². The van der Waals surface area contributed by atoms with E-state index in [0.717, 1.165) is 0 Å². The lowest BCUT2D eigenvalue weighted by atomic mass is 10.0. The Labute approximate surface area is 117 Å². The van der Waals surface area contributed by atoms with Gasteiger partial charge in [0.2, 0.25) is 0 Å². The Bertz CT molecular complexity index is 508. The molecule has 20 heavy (non-hydrogen) atoms. The molecule has 0 aliphatic carbocycles. The summed E-state index contributed by atoms with van der Waals surface area (Å²) in [5.41, 5.74) is -0.842. The molecular weight excluding hydrogens is 262 g/mol. The minimum absolute atomic E-state index is 0.00583. The van der Waals surface area contributed by atoms with Gasteiger partial charge in [-0.1, -0.05) is 6.92 Å². The normalized spacial score (nSPS) is 13.4. The van der Waals surface area contributed by atoms with Crippen LogP contribution in [0.25, 0.3) is 0 Å². The van der Waals surface area contributed by atoms with Crippen LogP contribution in [0.5, 0.6) is 5.75 Å². The van der Waals surface area contributed by atoms with Crippen LogP contribution in [0.2, 0.25) is 0 Å². The summed E-state index contributed by atoms with van der Waals surface area (Å²) in [5.74, 6) is -1.07. The lowest BCUT2D eigenvalue weighted by molar-refractivity contribution is -0.136. The number of amides is 1. The Hall–Kier alpha value is -2.08. The first-order valence-electron chi connectivity index (χ1n) is 6.16. The van der Waals surface area contributed by atoms with Gasteiger partial charge in [-0.2, -0.15) is 0 Å². The summed E-state index contributed by atoms with van der Waals surface area (Å²) in [6.45, 7) is 3.45. The molecule has 1 rings (SSSR count). The second kappa shape index (κ2) is 6.38. The quantitative estimate of drug-likeness (QED) is 0.834. The fourth-order valence-corrected chi connectivity index (χ4v) is 1.59. The number of carbonyl (C=O) groups excluding carboxylic acids is 1. The molecule has 0 saturated heterocycles. The first kappa shape index (κ1) is 16.0. The highest BCUT2D eigenvalue weighted by molar-refractivity contribution is 6.03. The Morgan fingerprint density at radius 3 is 2.45 bits per heavy atom. The number of hydrogen-bond acceptors (Lipinski definition) is 4. The highest BCUT2D eigenvalue weighted by Crippen LogP contribution is 2.25. The summed E-state index contributed by atoms with van der Waals surface area (Å²) >= 11 is 0. The van der Waals surface area contributed by atoms with E-state index in [4.69, 9.17) is 14.6 Å². The van der Waals surface area contributed by atoms with E-state index in [1.54, 1.807) is 6.92 Å². The number of benzene rings is 1. The lowest BCUT2D eigenvalue weighted by Gasteiger charge is -2.25. The highest BCUT2D eigenvalue weighted by Gasteiger charge is 2.31. The average molecular weight is 281 g/mol. The number of hydrogen-bond donors (Lipinski definition) is 2. The molecule has 0 aliphatic heterocycles. The number of ether oxygens (including phenoxy) is 2. The third kappa shape index (κ3) is 3.27. The van der Waals surface area contributed by atoms with Gasteiger partial charge in [-0.15, -0.1) is 0 Å². The van der Waals surface area contributed by atoms with Crippen LogP contribution in [0.1, 0.15) is 30.6 Å². The molecule has 1 unspecified atom stereocenters. The number of nitrogens with one attached hydrogen (secondary N) is 1. The lowest BCUT2D eigenvalue weighted by Crippen LogP contribution is -2.41. The van der Waals surface area contributed by atoms with Crippen molar-refractivity contribution in [3.63, 3.8) is 0 Å². The largest absolute Gasteiger partial charge is 0.497 e. The van der Waals surface area contributed by atoms with Crippen molar-refractivity contribution in [1.82, 2.24) is 0 Å². The maximum absolute atomic E-state index is 12.2. The monoisotopic (exact) mass is 281 g/mol. The molecule has 1 aromatic rings. The number of carbonyl (C=O) groups is 2. The first-order valence-corrected chi connectivity index (χ1v) is 6.16. The number of methoxy groups -OCH3 is 2. The maximum atomic E-state index is 12.2. The van der Waals surface area contributed by atoms with Crippen LogP contribution in [0, 0.1) is 0 Å². The maximum Gasteiger partial charge on any atom is 0.337 e. The molecular formula is C14H19NO5. The van der Waals surface area contributed by atoms with E-state index in [0.29, 0.717) is 12.2 Å². The van der Waals surface area contributed by atoms with Gasteiger partial charge in [0.05, 0.1) is 18.4 Å². The van der Waals surface area contributed by atoms with Gasteiger partial charge < -0.3 is 19.9 Å². The van der Waals surface area contributed by atoms with Crippen molar-refractivity contribution in [3.8, 4) is 5.75 Å². The van der Waals surface area contributed by atoms with Crippen LogP contribution in [0.4, 0.5) is 5.69 Å². The van der Waals surface area contributed by atoms with E-state index >= 15 is 0 Å². The molecule has 6 heteroatoms. The number of aromatic carboxylic acids is 1. The van der Waals surface area contributed by atoms with Gasteiger partial charge in [-0.3, -0.25) is 4.79 Å². The second-order valence-corrected chi connectivity index (χ2v) is 4.46. The van der Waals surface area contributed by atoms with Crippen LogP contribution >= 0.6 is 0 Å². The Morgan fingerprint density at radius 2 is 2.00 bits per heavy atom. The van der Waals surface area contributed by atoms with Gasteiger partial charge in [0, 0.05) is 13.2 Å². The zero-order chi connectivity index (χ0) is 15.3. The fraction of sp³-hybridized carbons (Fsp3) is 0.429. The summed E-state index contributed by atoms with van der Waals surface area (Å²) in [6.07, 6.45) is 0.460. The van der Waals surface area contributed by atoms with Gasteiger partial charge in [0.1, 0.15) is 11.4 Å². The molecule has 0 fully saturated rings. The summed E-state index contributed by atoms with van der Waals surface area (Å²) < 4.78 is 10.2. The predicted octanol–water partition coefficient (Wildman–Crippen LogP) is 2.15. The van der Waals surface area contributed by atoms with E-state index < -0.39 is 17.5 Å². The standard InChI is InChI=1S/C14H19NO5/c1-5-14(2,20-4)13(18)15-11-8-9(19-3)6-7-10(11)12(16)17/h6-8H,5H2,1-4H3,(H,15,18)(H,16,17). The topological polar surface area (TPSA) is 84.9 Å². The van der Waals surface area contributed by atoms with Gasteiger partial charge in [0.15, 0.2) is 0 Å². The van der Waals surface area contributed by atoms with Crippen molar-refractivity contribution >= 4 is 17.6 Å². The summed E-state index contributed by atoms with van der Waals surface area (Å²) in [6, 6.07) is 4.37. The molecule has 110 valence electrons. The molecule has 1 aromatic carbocycles. The van der Waals surface area contributed by atoms with E-state index in [9.17, 15) is 9.59 Å². The number of carboxylic acids is 1. The molecule has 0 heterocycles. The Kier molecular flexibility index (Phi) is 5.10. The number of rotatable bonds is 6. The second-order valence-electron chi connectivity index (χ2n) is 4.46. The molecule has 1 amide bonds. The van der Waals surface area contributed by atoms with Crippen LogP contribution in [-0.4, -0.2) is 36.8 Å². The average Bonchev–Trinajstić information content (AvgIpc) is 2.45. The van der Waals surface area contributed by atoms with Crippen LogP contribution < -0.4 is 10.1 Å². The molecule has 0 aromatic heterocycles. The molecule has 0 radical (unpaired) electrons. The molecule has 0 spiro atoms. The molecule has 1 atom stereocenters. The van der Waals surface area contributed by atoms with Crippen LogP contribution in [0.3, 0.4) is 0 Å². The minimum Gasteiger partial charge on any atom is -0.497 e. The predicted molar refractivity (Wildman–Crippen MR) is 74.3 cm³/mol. The molecule has 0 aliphatic rings. The molecule has 2 N–H and O–H groups in total. The molecule has 0 bridgehead atoms. The van der Waals surface area contributed by atoms with Gasteiger partial charge in [-0.25, -0.2) is 4.79 Å².